The fourth-order valence-corrected chi connectivity index (χ4v) is 2.05. The zero-order valence-corrected chi connectivity index (χ0v) is 8.80. The summed E-state index contributed by atoms with van der Waals surface area (Å²) in [6.07, 6.45) is 2.34. The normalized spacial score (nSPS) is 21.4. The summed E-state index contributed by atoms with van der Waals surface area (Å²) >= 11 is 0. The molecule has 1 aromatic carbocycles. The number of hydrogen-bond donors (Lipinski definition) is 2. The molecule has 0 spiro atoms. The van der Waals surface area contributed by atoms with Gasteiger partial charge in [-0.05, 0) is 50.4 Å². The minimum Gasteiger partial charge on any atom is -0.508 e. The largest absolute Gasteiger partial charge is 0.508 e. The minimum absolute atomic E-state index is 0.356. The molecule has 1 heterocycles. The highest BCUT2D eigenvalue weighted by Gasteiger charge is 2.19. The highest BCUT2D eigenvalue weighted by Crippen LogP contribution is 2.32. The lowest BCUT2D eigenvalue weighted by Crippen LogP contribution is -2.13. The summed E-state index contributed by atoms with van der Waals surface area (Å²) in [7, 11) is 0. The fourth-order valence-electron chi connectivity index (χ4n) is 2.05. The first kappa shape index (κ1) is 9.53. The Kier molecular flexibility index (Phi) is 2.46. The maximum Gasteiger partial charge on any atom is 0.120 e. The van der Waals surface area contributed by atoms with Crippen LogP contribution in [0.5, 0.6) is 5.75 Å². The number of phenols is 1. The van der Waals surface area contributed by atoms with Crippen LogP contribution in [-0.4, -0.2) is 11.7 Å². The van der Waals surface area contributed by atoms with Crippen molar-refractivity contribution < 1.29 is 5.11 Å². The summed E-state index contributed by atoms with van der Waals surface area (Å²) in [6, 6.07) is 4.33. The Morgan fingerprint density at radius 2 is 2.00 bits per heavy atom. The average Bonchev–Trinajstić information content (AvgIpc) is 2.64. The number of phenolic OH excluding ortho intramolecular Hbond substituents is 1. The van der Waals surface area contributed by atoms with E-state index in [9.17, 15) is 5.11 Å². The summed E-state index contributed by atoms with van der Waals surface area (Å²) in [5.74, 6) is 0.438. The van der Waals surface area contributed by atoms with Gasteiger partial charge in [0.1, 0.15) is 5.75 Å². The molecule has 1 aliphatic heterocycles. The molecule has 2 rings (SSSR count). The van der Waals surface area contributed by atoms with Crippen molar-refractivity contribution >= 4 is 0 Å². The fraction of sp³-hybridized carbons (Fsp3) is 0.500. The molecular formula is C12H17NO. The summed E-state index contributed by atoms with van der Waals surface area (Å²) < 4.78 is 0. The Labute approximate surface area is 85.0 Å². The topological polar surface area (TPSA) is 32.3 Å². The van der Waals surface area contributed by atoms with Gasteiger partial charge < -0.3 is 10.4 Å². The number of aryl methyl sites for hydroxylation is 2. The lowest BCUT2D eigenvalue weighted by Gasteiger charge is -2.14. The van der Waals surface area contributed by atoms with Crippen molar-refractivity contribution in [1.82, 2.24) is 5.32 Å². The Balaban J connectivity index is 2.37. The van der Waals surface area contributed by atoms with Crippen molar-refractivity contribution in [3.63, 3.8) is 0 Å². The highest BCUT2D eigenvalue weighted by molar-refractivity contribution is 5.42. The molecule has 0 aromatic heterocycles. The van der Waals surface area contributed by atoms with Crippen molar-refractivity contribution in [2.24, 2.45) is 0 Å². The van der Waals surface area contributed by atoms with Crippen LogP contribution in [-0.2, 0) is 0 Å². The van der Waals surface area contributed by atoms with Crippen molar-refractivity contribution in [2.75, 3.05) is 6.54 Å². The standard InChI is InChI=1S/C12H17NO/c1-8-6-10(11-4-3-5-13-11)12(14)7-9(8)2/h6-7,11,13-14H,3-5H2,1-2H3/t11-/m1/s1. The molecular weight excluding hydrogens is 174 g/mol. The van der Waals surface area contributed by atoms with Crippen LogP contribution in [0.3, 0.4) is 0 Å². The molecule has 1 aromatic rings. The lowest BCUT2D eigenvalue weighted by molar-refractivity contribution is 0.456. The number of nitrogens with one attached hydrogen (secondary N) is 1. The maximum absolute atomic E-state index is 9.84. The smallest absolute Gasteiger partial charge is 0.120 e. The molecule has 1 fully saturated rings. The molecule has 1 saturated heterocycles. The molecule has 2 nitrogen and oxygen atoms in total. The Morgan fingerprint density at radius 1 is 1.29 bits per heavy atom. The molecule has 0 bridgehead atoms. The zero-order valence-electron chi connectivity index (χ0n) is 8.80. The third kappa shape index (κ3) is 1.62. The van der Waals surface area contributed by atoms with Gasteiger partial charge in [0, 0.05) is 11.6 Å². The summed E-state index contributed by atoms with van der Waals surface area (Å²) in [5.41, 5.74) is 3.47. The van der Waals surface area contributed by atoms with Crippen LogP contribution in [0.1, 0.15) is 35.6 Å². The van der Waals surface area contributed by atoms with Gasteiger partial charge in [-0.25, -0.2) is 0 Å². The van der Waals surface area contributed by atoms with Crippen molar-refractivity contribution in [1.29, 1.82) is 0 Å². The van der Waals surface area contributed by atoms with Gasteiger partial charge in [0.25, 0.3) is 0 Å². The van der Waals surface area contributed by atoms with Gasteiger partial charge in [0.2, 0.25) is 0 Å². The first-order chi connectivity index (χ1) is 6.68. The van der Waals surface area contributed by atoms with Gasteiger partial charge in [-0.15, -0.1) is 0 Å². The van der Waals surface area contributed by atoms with Crippen molar-refractivity contribution in [3.8, 4) is 5.75 Å². The van der Waals surface area contributed by atoms with Crippen LogP contribution in [0, 0.1) is 13.8 Å². The van der Waals surface area contributed by atoms with Gasteiger partial charge in [0.05, 0.1) is 0 Å². The molecule has 0 aliphatic carbocycles. The lowest BCUT2D eigenvalue weighted by atomic mass is 9.99. The number of benzene rings is 1. The molecule has 0 unspecified atom stereocenters. The van der Waals surface area contributed by atoms with Gasteiger partial charge in [0.15, 0.2) is 0 Å². The third-order valence-corrected chi connectivity index (χ3v) is 3.08. The van der Waals surface area contributed by atoms with Crippen LogP contribution in [0.4, 0.5) is 0 Å². The maximum atomic E-state index is 9.84. The van der Waals surface area contributed by atoms with Crippen molar-refractivity contribution in [2.45, 2.75) is 32.7 Å². The summed E-state index contributed by atoms with van der Waals surface area (Å²) in [6.45, 7) is 5.19. The van der Waals surface area contributed by atoms with Gasteiger partial charge in [-0.3, -0.25) is 0 Å². The minimum atomic E-state index is 0.356. The number of hydrogen-bond acceptors (Lipinski definition) is 2. The molecule has 2 heteroatoms. The quantitative estimate of drug-likeness (QED) is 0.714. The van der Waals surface area contributed by atoms with Gasteiger partial charge in [-0.2, -0.15) is 0 Å². The van der Waals surface area contributed by atoms with Crippen LogP contribution in [0.25, 0.3) is 0 Å². The second kappa shape index (κ2) is 3.62. The van der Waals surface area contributed by atoms with E-state index in [4.69, 9.17) is 0 Å². The Bertz CT molecular complexity index is 340. The first-order valence-electron chi connectivity index (χ1n) is 5.22. The second-order valence-electron chi connectivity index (χ2n) is 4.14. The van der Waals surface area contributed by atoms with Crippen LogP contribution >= 0.6 is 0 Å². The van der Waals surface area contributed by atoms with E-state index in [1.54, 1.807) is 0 Å². The number of aromatic hydroxyl groups is 1. The predicted molar refractivity (Wildman–Crippen MR) is 57.6 cm³/mol. The second-order valence-corrected chi connectivity index (χ2v) is 4.14. The Hall–Kier alpha value is -1.02. The molecule has 14 heavy (non-hydrogen) atoms. The van der Waals surface area contributed by atoms with Crippen molar-refractivity contribution in [3.05, 3.63) is 28.8 Å². The van der Waals surface area contributed by atoms with E-state index in [0.29, 0.717) is 11.8 Å². The first-order valence-corrected chi connectivity index (χ1v) is 5.22. The van der Waals surface area contributed by atoms with E-state index in [2.05, 4.69) is 18.3 Å². The average molecular weight is 191 g/mol. The van der Waals surface area contributed by atoms with Gasteiger partial charge in [-0.1, -0.05) is 6.07 Å². The molecule has 76 valence electrons. The van der Waals surface area contributed by atoms with E-state index >= 15 is 0 Å². The third-order valence-electron chi connectivity index (χ3n) is 3.08. The van der Waals surface area contributed by atoms with E-state index in [1.807, 2.05) is 13.0 Å². The van der Waals surface area contributed by atoms with E-state index in [1.165, 1.54) is 12.0 Å². The molecule has 1 aliphatic rings. The van der Waals surface area contributed by atoms with Crippen LogP contribution < -0.4 is 5.32 Å². The van der Waals surface area contributed by atoms with E-state index in [0.717, 1.165) is 24.1 Å². The molecule has 1 atom stereocenters. The number of rotatable bonds is 1. The zero-order chi connectivity index (χ0) is 10.1. The predicted octanol–water partition coefficient (Wildman–Crippen LogP) is 2.43. The van der Waals surface area contributed by atoms with Crippen LogP contribution in [0.2, 0.25) is 0 Å². The molecule has 0 saturated carbocycles. The SMILES string of the molecule is Cc1cc(O)c([C@H]2CCCN2)cc1C. The van der Waals surface area contributed by atoms with E-state index < -0.39 is 0 Å². The van der Waals surface area contributed by atoms with Crippen LogP contribution in [0.15, 0.2) is 12.1 Å². The Morgan fingerprint density at radius 3 is 2.64 bits per heavy atom. The highest BCUT2D eigenvalue weighted by atomic mass is 16.3. The monoisotopic (exact) mass is 191 g/mol. The summed E-state index contributed by atoms with van der Waals surface area (Å²) in [4.78, 5) is 0. The van der Waals surface area contributed by atoms with Gasteiger partial charge >= 0.3 is 0 Å². The summed E-state index contributed by atoms with van der Waals surface area (Å²) in [5, 5.41) is 13.2. The molecule has 0 amide bonds. The molecule has 0 radical (unpaired) electrons. The van der Waals surface area contributed by atoms with E-state index in [-0.39, 0.29) is 0 Å². The molecule has 2 N–H and O–H groups in total.